The molecule has 0 saturated heterocycles. The molecule has 0 saturated carbocycles. The Kier molecular flexibility index (Phi) is 6.20. The van der Waals surface area contributed by atoms with Crippen molar-refractivity contribution in [3.05, 3.63) is 21.7 Å². The van der Waals surface area contributed by atoms with E-state index in [-0.39, 0.29) is 16.0 Å². The third kappa shape index (κ3) is 3.64. The highest BCUT2D eigenvalue weighted by Crippen LogP contribution is 2.17. The number of amides is 1. The molecular weight excluding hydrogens is 237 g/mol. The molecule has 84 valence electrons. The first-order valence-corrected chi connectivity index (χ1v) is 5.33. The van der Waals surface area contributed by atoms with Crippen LogP contribution in [0.1, 0.15) is 37.0 Å². The van der Waals surface area contributed by atoms with Crippen molar-refractivity contribution < 1.29 is 4.79 Å². The van der Waals surface area contributed by atoms with Crippen LogP contribution in [-0.4, -0.2) is 15.9 Å². The summed E-state index contributed by atoms with van der Waals surface area (Å²) in [6.45, 7) is 5.84. The molecular formula is C9H13Cl2N3O. The molecule has 1 rings (SSSR count). The lowest BCUT2D eigenvalue weighted by atomic mass is 10.3. The summed E-state index contributed by atoms with van der Waals surface area (Å²) in [5, 5.41) is 0.146. The molecule has 1 aromatic rings. The molecule has 4 nitrogen and oxygen atoms in total. The lowest BCUT2D eigenvalue weighted by Gasteiger charge is -2.02. The van der Waals surface area contributed by atoms with Gasteiger partial charge in [0.15, 0.2) is 16.0 Å². The van der Waals surface area contributed by atoms with Gasteiger partial charge in [0.1, 0.15) is 0 Å². The van der Waals surface area contributed by atoms with E-state index in [2.05, 4.69) is 9.97 Å². The van der Waals surface area contributed by atoms with E-state index in [0.717, 1.165) is 0 Å². The number of nitrogens with zero attached hydrogens (tertiary/aromatic N) is 2. The summed E-state index contributed by atoms with van der Waals surface area (Å²) in [6, 6.07) is 0. The smallest absolute Gasteiger partial charge is 0.270 e. The highest BCUT2D eigenvalue weighted by molar-refractivity contribution is 6.34. The van der Waals surface area contributed by atoms with Crippen molar-refractivity contribution in [2.45, 2.75) is 27.2 Å². The standard InChI is InChI=1S/C7H7Cl2N3O.C2H6/c1-2-3-5(8)12-6(9)4(11-3)7(10)13;1-2/h2H2,1H3,(H2,10,13);1-2H3. The first-order valence-electron chi connectivity index (χ1n) is 4.58. The van der Waals surface area contributed by atoms with Crippen LogP contribution in [0.5, 0.6) is 0 Å². The highest BCUT2D eigenvalue weighted by Gasteiger charge is 2.13. The largest absolute Gasteiger partial charge is 0.364 e. The maximum Gasteiger partial charge on any atom is 0.270 e. The molecule has 0 radical (unpaired) electrons. The third-order valence-electron chi connectivity index (χ3n) is 1.44. The molecule has 2 N–H and O–H groups in total. The van der Waals surface area contributed by atoms with E-state index >= 15 is 0 Å². The van der Waals surface area contributed by atoms with E-state index in [0.29, 0.717) is 12.1 Å². The highest BCUT2D eigenvalue weighted by atomic mass is 35.5. The van der Waals surface area contributed by atoms with Crippen molar-refractivity contribution >= 4 is 29.1 Å². The lowest BCUT2D eigenvalue weighted by molar-refractivity contribution is 0.0995. The minimum Gasteiger partial charge on any atom is -0.364 e. The molecule has 15 heavy (non-hydrogen) atoms. The second-order valence-electron chi connectivity index (χ2n) is 2.32. The Labute approximate surface area is 98.8 Å². The number of aryl methyl sites for hydroxylation is 1. The Bertz CT molecular complexity index is 355. The Morgan fingerprint density at radius 2 is 1.80 bits per heavy atom. The van der Waals surface area contributed by atoms with Crippen molar-refractivity contribution in [1.29, 1.82) is 0 Å². The lowest BCUT2D eigenvalue weighted by Crippen LogP contribution is -2.15. The van der Waals surface area contributed by atoms with Crippen LogP contribution < -0.4 is 5.73 Å². The summed E-state index contributed by atoms with van der Waals surface area (Å²) in [4.78, 5) is 18.4. The molecule has 0 unspecified atom stereocenters. The van der Waals surface area contributed by atoms with Gasteiger partial charge in [0, 0.05) is 0 Å². The number of carbonyl (C=O) groups is 1. The molecule has 0 bridgehead atoms. The Hall–Kier alpha value is -0.870. The minimum atomic E-state index is -0.705. The zero-order valence-corrected chi connectivity index (χ0v) is 10.4. The van der Waals surface area contributed by atoms with Crippen LogP contribution in [0, 0.1) is 0 Å². The van der Waals surface area contributed by atoms with Crippen molar-refractivity contribution in [3.63, 3.8) is 0 Å². The SMILES string of the molecule is CC.CCc1nc(C(N)=O)c(Cl)nc1Cl. The summed E-state index contributed by atoms with van der Waals surface area (Å²) in [6.07, 6.45) is 0.573. The minimum absolute atomic E-state index is 0.0390. The number of hydrogen-bond donors (Lipinski definition) is 1. The van der Waals surface area contributed by atoms with Crippen LogP contribution in [0.3, 0.4) is 0 Å². The van der Waals surface area contributed by atoms with E-state index in [9.17, 15) is 4.79 Å². The second-order valence-corrected chi connectivity index (χ2v) is 3.03. The van der Waals surface area contributed by atoms with Gasteiger partial charge in [-0.05, 0) is 6.42 Å². The van der Waals surface area contributed by atoms with Crippen LogP contribution in [0.25, 0.3) is 0 Å². The number of carbonyl (C=O) groups excluding carboxylic acids is 1. The molecule has 1 aromatic heterocycles. The van der Waals surface area contributed by atoms with Crippen molar-refractivity contribution in [2.24, 2.45) is 5.73 Å². The van der Waals surface area contributed by atoms with Gasteiger partial charge in [0.2, 0.25) is 0 Å². The predicted molar refractivity (Wildman–Crippen MR) is 61.3 cm³/mol. The molecule has 0 aliphatic heterocycles. The average molecular weight is 250 g/mol. The molecule has 0 aliphatic carbocycles. The van der Waals surface area contributed by atoms with Crippen molar-refractivity contribution in [1.82, 2.24) is 9.97 Å². The van der Waals surface area contributed by atoms with E-state index < -0.39 is 5.91 Å². The number of nitrogens with two attached hydrogens (primary N) is 1. The summed E-state index contributed by atoms with van der Waals surface area (Å²) in [5.41, 5.74) is 5.49. The van der Waals surface area contributed by atoms with Gasteiger partial charge < -0.3 is 5.73 Å². The number of primary amides is 1. The van der Waals surface area contributed by atoms with Gasteiger partial charge in [-0.3, -0.25) is 4.79 Å². The van der Waals surface area contributed by atoms with Gasteiger partial charge in [-0.25, -0.2) is 9.97 Å². The third-order valence-corrected chi connectivity index (χ3v) is 2.01. The number of rotatable bonds is 2. The van der Waals surface area contributed by atoms with Crippen LogP contribution in [-0.2, 0) is 6.42 Å². The van der Waals surface area contributed by atoms with Crippen LogP contribution in [0.4, 0.5) is 0 Å². The van der Waals surface area contributed by atoms with Gasteiger partial charge in [0.25, 0.3) is 5.91 Å². The monoisotopic (exact) mass is 249 g/mol. The number of halogens is 2. The van der Waals surface area contributed by atoms with Crippen LogP contribution in [0.15, 0.2) is 0 Å². The molecule has 0 aromatic carbocycles. The van der Waals surface area contributed by atoms with E-state index in [1.165, 1.54) is 0 Å². The van der Waals surface area contributed by atoms with E-state index in [1.807, 2.05) is 20.8 Å². The summed E-state index contributed by atoms with van der Waals surface area (Å²) in [7, 11) is 0. The fraction of sp³-hybridized carbons (Fsp3) is 0.444. The maximum atomic E-state index is 10.8. The van der Waals surface area contributed by atoms with Crippen LogP contribution >= 0.6 is 23.2 Å². The normalized spacial score (nSPS) is 9.13. The summed E-state index contributed by atoms with van der Waals surface area (Å²) in [5.74, 6) is -0.705. The molecule has 0 fully saturated rings. The van der Waals surface area contributed by atoms with Gasteiger partial charge >= 0.3 is 0 Å². The molecule has 0 aliphatic rings. The zero-order valence-electron chi connectivity index (χ0n) is 8.84. The quantitative estimate of drug-likeness (QED) is 0.876. The first-order chi connectivity index (χ1) is 7.06. The fourth-order valence-electron chi connectivity index (χ4n) is 0.813. The summed E-state index contributed by atoms with van der Waals surface area (Å²) < 4.78 is 0. The number of aromatic nitrogens is 2. The topological polar surface area (TPSA) is 68.9 Å². The molecule has 1 amide bonds. The maximum absolute atomic E-state index is 10.8. The van der Waals surface area contributed by atoms with E-state index in [1.54, 1.807) is 0 Å². The van der Waals surface area contributed by atoms with Gasteiger partial charge in [-0.2, -0.15) is 0 Å². The molecule has 6 heteroatoms. The van der Waals surface area contributed by atoms with Crippen molar-refractivity contribution in [3.8, 4) is 0 Å². The van der Waals surface area contributed by atoms with Crippen molar-refractivity contribution in [2.75, 3.05) is 0 Å². The number of hydrogen-bond acceptors (Lipinski definition) is 3. The Morgan fingerprint density at radius 3 is 2.20 bits per heavy atom. The Balaban J connectivity index is 0.000000921. The molecule has 0 atom stereocenters. The molecule has 0 spiro atoms. The fourth-order valence-corrected chi connectivity index (χ4v) is 1.34. The first kappa shape index (κ1) is 14.1. The average Bonchev–Trinajstić information content (AvgIpc) is 2.20. The summed E-state index contributed by atoms with van der Waals surface area (Å²) >= 11 is 11.3. The van der Waals surface area contributed by atoms with Crippen LogP contribution in [0.2, 0.25) is 10.3 Å². The van der Waals surface area contributed by atoms with Gasteiger partial charge in [-0.15, -0.1) is 0 Å². The van der Waals surface area contributed by atoms with Gasteiger partial charge in [0.05, 0.1) is 5.69 Å². The molecule has 1 heterocycles. The second kappa shape index (κ2) is 6.58. The van der Waals surface area contributed by atoms with E-state index in [4.69, 9.17) is 28.9 Å². The predicted octanol–water partition coefficient (Wildman–Crippen LogP) is 2.47. The Morgan fingerprint density at radius 1 is 1.27 bits per heavy atom. The zero-order chi connectivity index (χ0) is 12.0. The van der Waals surface area contributed by atoms with Gasteiger partial charge in [-0.1, -0.05) is 44.0 Å².